The highest BCUT2D eigenvalue weighted by Crippen LogP contribution is 2.28. The Kier molecular flexibility index (Phi) is 6.10. The quantitative estimate of drug-likeness (QED) is 0.516. The number of ether oxygens (including phenoxy) is 1. The minimum absolute atomic E-state index is 0.0266. The van der Waals surface area contributed by atoms with Crippen molar-refractivity contribution < 1.29 is 21.6 Å². The second-order valence-corrected chi connectivity index (χ2v) is 9.97. The van der Waals surface area contributed by atoms with Crippen LogP contribution >= 0.6 is 15.9 Å². The predicted molar refractivity (Wildman–Crippen MR) is 113 cm³/mol. The molecule has 0 aliphatic rings. The molecule has 1 aromatic heterocycles. The Morgan fingerprint density at radius 1 is 0.862 bits per heavy atom. The van der Waals surface area contributed by atoms with Crippen LogP contribution in [0.5, 0.6) is 5.75 Å². The fourth-order valence-corrected chi connectivity index (χ4v) is 5.14. The first-order valence-electron chi connectivity index (χ1n) is 8.11. The number of anilines is 2. The van der Waals surface area contributed by atoms with Gasteiger partial charge >= 0.3 is 0 Å². The van der Waals surface area contributed by atoms with Crippen molar-refractivity contribution >= 4 is 47.5 Å². The van der Waals surface area contributed by atoms with Gasteiger partial charge in [0.1, 0.15) is 11.6 Å². The third-order valence-electron chi connectivity index (χ3n) is 3.75. The third-order valence-corrected chi connectivity index (χ3v) is 7.12. The van der Waals surface area contributed by atoms with E-state index in [4.69, 9.17) is 4.74 Å². The minimum atomic E-state index is -3.87. The van der Waals surface area contributed by atoms with Crippen molar-refractivity contribution in [3.63, 3.8) is 0 Å². The van der Waals surface area contributed by atoms with Crippen molar-refractivity contribution in [1.29, 1.82) is 0 Å². The molecule has 1 heterocycles. The van der Waals surface area contributed by atoms with Gasteiger partial charge in [0, 0.05) is 11.9 Å². The summed E-state index contributed by atoms with van der Waals surface area (Å²) in [4.78, 5) is 3.91. The topological polar surface area (TPSA) is 114 Å². The average molecular weight is 498 g/mol. The maximum atomic E-state index is 12.6. The number of hydrogen-bond donors (Lipinski definition) is 2. The molecule has 29 heavy (non-hydrogen) atoms. The van der Waals surface area contributed by atoms with Gasteiger partial charge in [-0.05, 0) is 70.5 Å². The van der Waals surface area contributed by atoms with Crippen LogP contribution in [0.15, 0.2) is 81.1 Å². The molecule has 0 saturated carbocycles. The van der Waals surface area contributed by atoms with Crippen LogP contribution in [0, 0.1) is 0 Å². The molecule has 2 aromatic carbocycles. The van der Waals surface area contributed by atoms with Gasteiger partial charge in [-0.2, -0.15) is 0 Å². The van der Waals surface area contributed by atoms with Gasteiger partial charge in [0.15, 0.2) is 0 Å². The highest BCUT2D eigenvalue weighted by atomic mass is 79.9. The molecule has 0 aliphatic carbocycles. The fraction of sp³-hybridized carbons (Fsp3) is 0.0556. The van der Waals surface area contributed by atoms with Crippen LogP contribution in [0.4, 0.5) is 11.5 Å². The molecular formula is C18H16BrN3O5S2. The van der Waals surface area contributed by atoms with Gasteiger partial charge in [-0.3, -0.25) is 9.44 Å². The van der Waals surface area contributed by atoms with Crippen LogP contribution in [-0.2, 0) is 20.0 Å². The Labute approximate surface area is 177 Å². The number of pyridine rings is 1. The van der Waals surface area contributed by atoms with Gasteiger partial charge in [0.05, 0.1) is 21.4 Å². The summed E-state index contributed by atoms with van der Waals surface area (Å²) in [5, 5.41) is 0. The largest absolute Gasteiger partial charge is 0.496 e. The maximum Gasteiger partial charge on any atom is 0.263 e. The van der Waals surface area contributed by atoms with Crippen LogP contribution in [0.3, 0.4) is 0 Å². The number of nitrogens with one attached hydrogen (secondary N) is 2. The van der Waals surface area contributed by atoms with E-state index < -0.39 is 20.0 Å². The first-order chi connectivity index (χ1) is 13.7. The lowest BCUT2D eigenvalue weighted by atomic mass is 10.3. The zero-order valence-electron chi connectivity index (χ0n) is 15.0. The molecule has 11 heteroatoms. The molecule has 8 nitrogen and oxygen atoms in total. The number of sulfonamides is 2. The Balaban J connectivity index is 1.79. The van der Waals surface area contributed by atoms with Gasteiger partial charge < -0.3 is 4.74 Å². The lowest BCUT2D eigenvalue weighted by molar-refractivity contribution is 0.411. The second-order valence-electron chi connectivity index (χ2n) is 5.75. The van der Waals surface area contributed by atoms with E-state index in [1.807, 2.05) is 0 Å². The number of halogens is 1. The normalized spacial score (nSPS) is 11.7. The van der Waals surface area contributed by atoms with Crippen molar-refractivity contribution in [3.8, 4) is 5.75 Å². The third kappa shape index (κ3) is 5.05. The molecule has 0 unspecified atom stereocenters. The molecule has 0 amide bonds. The van der Waals surface area contributed by atoms with E-state index in [1.165, 1.54) is 61.8 Å². The molecule has 0 saturated heterocycles. The van der Waals surface area contributed by atoms with Crippen molar-refractivity contribution in [3.05, 3.63) is 71.3 Å². The van der Waals surface area contributed by atoms with E-state index >= 15 is 0 Å². The van der Waals surface area contributed by atoms with Crippen LogP contribution < -0.4 is 14.2 Å². The Bertz CT molecular complexity index is 1220. The first kappa shape index (κ1) is 21.1. The van der Waals surface area contributed by atoms with Crippen molar-refractivity contribution in [2.24, 2.45) is 0 Å². The summed E-state index contributed by atoms with van der Waals surface area (Å²) < 4.78 is 60.3. The summed E-state index contributed by atoms with van der Waals surface area (Å²) in [7, 11) is -6.24. The number of nitrogens with zero attached hydrogens (tertiary/aromatic N) is 1. The van der Waals surface area contributed by atoms with Crippen LogP contribution in [0.1, 0.15) is 0 Å². The van der Waals surface area contributed by atoms with Crippen LogP contribution in [0.25, 0.3) is 0 Å². The molecule has 152 valence electrons. The van der Waals surface area contributed by atoms with Gasteiger partial charge in [-0.1, -0.05) is 6.07 Å². The summed E-state index contributed by atoms with van der Waals surface area (Å²) >= 11 is 3.25. The molecule has 0 radical (unpaired) electrons. The summed E-state index contributed by atoms with van der Waals surface area (Å²) in [5.74, 6) is 0.682. The van der Waals surface area contributed by atoms with Gasteiger partial charge in [0.25, 0.3) is 20.0 Å². The van der Waals surface area contributed by atoms with Crippen molar-refractivity contribution in [2.45, 2.75) is 9.79 Å². The van der Waals surface area contributed by atoms with E-state index in [9.17, 15) is 16.8 Å². The second kappa shape index (κ2) is 8.39. The molecule has 3 aromatic rings. The Morgan fingerprint density at radius 2 is 1.52 bits per heavy atom. The lowest BCUT2D eigenvalue weighted by Crippen LogP contribution is -2.15. The summed E-state index contributed by atoms with van der Waals surface area (Å²) in [6, 6.07) is 14.5. The number of benzene rings is 2. The van der Waals surface area contributed by atoms with Crippen molar-refractivity contribution in [1.82, 2.24) is 4.98 Å². The zero-order chi connectivity index (χ0) is 21.1. The standard InChI is InChI=1S/C18H16BrN3O5S2/c1-27-17-10-9-15(12-16(17)19)29(25,26)21-13-5-7-14(8-6-13)28(23,24)22-18-4-2-3-11-20-18/h2-12,21H,1H3,(H,20,22). The summed E-state index contributed by atoms with van der Waals surface area (Å²) in [5.41, 5.74) is 0.216. The number of aromatic nitrogens is 1. The molecule has 0 aliphatic heterocycles. The van der Waals surface area contributed by atoms with E-state index in [1.54, 1.807) is 12.1 Å². The van der Waals surface area contributed by atoms with Crippen molar-refractivity contribution in [2.75, 3.05) is 16.6 Å². The highest BCUT2D eigenvalue weighted by molar-refractivity contribution is 9.10. The zero-order valence-corrected chi connectivity index (χ0v) is 18.3. The van der Waals surface area contributed by atoms with E-state index in [0.29, 0.717) is 10.2 Å². The Hall–Kier alpha value is -2.63. The minimum Gasteiger partial charge on any atom is -0.496 e. The van der Waals surface area contributed by atoms with Gasteiger partial charge in [0.2, 0.25) is 0 Å². The monoisotopic (exact) mass is 497 g/mol. The SMILES string of the molecule is COc1ccc(S(=O)(=O)Nc2ccc(S(=O)(=O)Nc3ccccn3)cc2)cc1Br. The summed E-state index contributed by atoms with van der Waals surface area (Å²) in [6.07, 6.45) is 1.47. The Morgan fingerprint density at radius 3 is 2.10 bits per heavy atom. The van der Waals surface area contributed by atoms with E-state index in [0.717, 1.165) is 0 Å². The molecule has 0 bridgehead atoms. The molecule has 0 fully saturated rings. The highest BCUT2D eigenvalue weighted by Gasteiger charge is 2.18. The molecule has 0 spiro atoms. The average Bonchev–Trinajstić information content (AvgIpc) is 2.68. The molecular weight excluding hydrogens is 482 g/mol. The van der Waals surface area contributed by atoms with E-state index in [-0.39, 0.29) is 21.3 Å². The predicted octanol–water partition coefficient (Wildman–Crippen LogP) is 3.45. The molecule has 2 N–H and O–H groups in total. The summed E-state index contributed by atoms with van der Waals surface area (Å²) in [6.45, 7) is 0. The number of rotatable bonds is 7. The smallest absolute Gasteiger partial charge is 0.263 e. The van der Waals surface area contributed by atoms with Crippen LogP contribution in [-0.4, -0.2) is 28.9 Å². The van der Waals surface area contributed by atoms with E-state index in [2.05, 4.69) is 30.4 Å². The molecule has 3 rings (SSSR count). The number of hydrogen-bond acceptors (Lipinski definition) is 6. The lowest BCUT2D eigenvalue weighted by Gasteiger charge is -2.11. The van der Waals surface area contributed by atoms with Gasteiger partial charge in [-0.25, -0.2) is 21.8 Å². The first-order valence-corrected chi connectivity index (χ1v) is 11.9. The molecule has 0 atom stereocenters. The van der Waals surface area contributed by atoms with Gasteiger partial charge in [-0.15, -0.1) is 0 Å². The van der Waals surface area contributed by atoms with Crippen LogP contribution in [0.2, 0.25) is 0 Å². The fourth-order valence-electron chi connectivity index (χ4n) is 2.35. The number of methoxy groups -OCH3 is 1. The maximum absolute atomic E-state index is 12.6.